The molecular formula is C16H25N3O3. The molecule has 0 amide bonds. The second-order valence-electron chi connectivity index (χ2n) is 5.19. The number of nitrogens with two attached hydrogens (primary N) is 1. The smallest absolute Gasteiger partial charge is 0.193 e. The van der Waals surface area contributed by atoms with Gasteiger partial charge in [0.05, 0.1) is 19.8 Å². The Bertz CT molecular complexity index is 473. The van der Waals surface area contributed by atoms with E-state index in [1.807, 2.05) is 24.3 Å². The van der Waals surface area contributed by atoms with Crippen LogP contribution in [0.5, 0.6) is 5.75 Å². The molecule has 6 nitrogen and oxygen atoms in total. The van der Waals surface area contributed by atoms with Gasteiger partial charge in [0.25, 0.3) is 0 Å². The van der Waals surface area contributed by atoms with E-state index in [1.54, 1.807) is 7.11 Å². The van der Waals surface area contributed by atoms with Gasteiger partial charge in [0, 0.05) is 31.5 Å². The van der Waals surface area contributed by atoms with E-state index in [4.69, 9.17) is 19.9 Å². The molecule has 1 unspecified atom stereocenters. The summed E-state index contributed by atoms with van der Waals surface area (Å²) in [4.78, 5) is 4.28. The summed E-state index contributed by atoms with van der Waals surface area (Å²) >= 11 is 0. The van der Waals surface area contributed by atoms with Crippen molar-refractivity contribution in [2.45, 2.75) is 25.4 Å². The molecule has 0 spiro atoms. The minimum absolute atomic E-state index is 0.281. The zero-order chi connectivity index (χ0) is 15.6. The van der Waals surface area contributed by atoms with Gasteiger partial charge in [0.2, 0.25) is 0 Å². The van der Waals surface area contributed by atoms with Crippen LogP contribution in [0.2, 0.25) is 0 Å². The average Bonchev–Trinajstić information content (AvgIpc) is 3.04. The predicted molar refractivity (Wildman–Crippen MR) is 87.5 cm³/mol. The predicted octanol–water partition coefficient (Wildman–Crippen LogP) is 2.01. The molecule has 22 heavy (non-hydrogen) atoms. The number of nitrogens with one attached hydrogen (secondary N) is 1. The van der Waals surface area contributed by atoms with Crippen LogP contribution < -0.4 is 15.8 Å². The van der Waals surface area contributed by atoms with E-state index >= 15 is 0 Å². The Morgan fingerprint density at radius 1 is 1.50 bits per heavy atom. The second kappa shape index (κ2) is 9.27. The number of hydrogen-bond donors (Lipinski definition) is 2. The Hall–Kier alpha value is -1.79. The summed E-state index contributed by atoms with van der Waals surface area (Å²) < 4.78 is 16.2. The number of ether oxygens (including phenoxy) is 3. The van der Waals surface area contributed by atoms with Crippen LogP contribution in [0.15, 0.2) is 29.3 Å². The van der Waals surface area contributed by atoms with Gasteiger partial charge < -0.3 is 25.3 Å². The van der Waals surface area contributed by atoms with Crippen molar-refractivity contribution in [2.24, 2.45) is 10.7 Å². The molecule has 6 heteroatoms. The molecule has 1 fully saturated rings. The lowest BCUT2D eigenvalue weighted by molar-refractivity contribution is 0.0171. The Morgan fingerprint density at radius 3 is 3.18 bits per heavy atom. The lowest BCUT2D eigenvalue weighted by Gasteiger charge is -2.09. The van der Waals surface area contributed by atoms with Crippen molar-refractivity contribution in [1.29, 1.82) is 0 Å². The lowest BCUT2D eigenvalue weighted by Crippen LogP contribution is -2.23. The molecule has 1 aliphatic rings. The highest BCUT2D eigenvalue weighted by molar-refractivity contribution is 5.92. The zero-order valence-electron chi connectivity index (χ0n) is 13.1. The topological polar surface area (TPSA) is 78.1 Å². The summed E-state index contributed by atoms with van der Waals surface area (Å²) in [6, 6.07) is 7.56. The minimum Gasteiger partial charge on any atom is -0.497 e. The minimum atomic E-state index is 0.281. The Kier molecular flexibility index (Phi) is 6.99. The monoisotopic (exact) mass is 307 g/mol. The Balaban J connectivity index is 1.60. The molecule has 1 aromatic rings. The number of rotatable bonds is 8. The van der Waals surface area contributed by atoms with Crippen molar-refractivity contribution in [3.63, 3.8) is 0 Å². The van der Waals surface area contributed by atoms with Crippen LogP contribution in [0.3, 0.4) is 0 Å². The quantitative estimate of drug-likeness (QED) is 0.436. The average molecular weight is 307 g/mol. The third kappa shape index (κ3) is 5.91. The van der Waals surface area contributed by atoms with E-state index < -0.39 is 0 Å². The summed E-state index contributed by atoms with van der Waals surface area (Å²) in [5, 5.41) is 3.04. The van der Waals surface area contributed by atoms with E-state index in [1.165, 1.54) is 0 Å². The van der Waals surface area contributed by atoms with Crippen LogP contribution in [0.4, 0.5) is 5.69 Å². The lowest BCUT2D eigenvalue weighted by atomic mass is 10.2. The number of methoxy groups -OCH3 is 1. The van der Waals surface area contributed by atoms with Gasteiger partial charge in [0.1, 0.15) is 5.75 Å². The maximum absolute atomic E-state index is 5.85. The SMILES string of the molecule is COc1cccc(NC(N)=NCCCOCC2CCCO2)c1. The molecule has 0 aliphatic carbocycles. The van der Waals surface area contributed by atoms with Crippen molar-refractivity contribution in [3.8, 4) is 5.75 Å². The first kappa shape index (κ1) is 16.6. The fourth-order valence-electron chi connectivity index (χ4n) is 2.24. The molecule has 1 heterocycles. The summed E-state index contributed by atoms with van der Waals surface area (Å²) in [6.07, 6.45) is 3.37. The summed E-state index contributed by atoms with van der Waals surface area (Å²) in [7, 11) is 1.63. The maximum Gasteiger partial charge on any atom is 0.193 e. The number of aliphatic imine (C=N–C) groups is 1. The van der Waals surface area contributed by atoms with Crippen molar-refractivity contribution < 1.29 is 14.2 Å². The Labute approximate surface area is 131 Å². The van der Waals surface area contributed by atoms with Gasteiger partial charge in [-0.15, -0.1) is 0 Å². The highest BCUT2D eigenvalue weighted by Crippen LogP contribution is 2.16. The van der Waals surface area contributed by atoms with E-state index in [-0.39, 0.29) is 6.10 Å². The third-order valence-corrected chi connectivity index (χ3v) is 3.40. The van der Waals surface area contributed by atoms with Crippen LogP contribution in [-0.4, -0.2) is 45.5 Å². The van der Waals surface area contributed by atoms with Gasteiger partial charge in [-0.2, -0.15) is 0 Å². The first-order chi connectivity index (χ1) is 10.8. The molecule has 3 N–H and O–H groups in total. The molecule has 0 radical (unpaired) electrons. The van der Waals surface area contributed by atoms with Crippen molar-refractivity contribution in [1.82, 2.24) is 0 Å². The van der Waals surface area contributed by atoms with Crippen LogP contribution in [0, 0.1) is 0 Å². The molecule has 1 atom stereocenters. The second-order valence-corrected chi connectivity index (χ2v) is 5.19. The van der Waals surface area contributed by atoms with E-state index in [2.05, 4.69) is 10.3 Å². The van der Waals surface area contributed by atoms with Gasteiger partial charge >= 0.3 is 0 Å². The fraction of sp³-hybridized carbons (Fsp3) is 0.562. The van der Waals surface area contributed by atoms with Crippen LogP contribution in [0.25, 0.3) is 0 Å². The van der Waals surface area contributed by atoms with Crippen molar-refractivity contribution >= 4 is 11.6 Å². The van der Waals surface area contributed by atoms with Crippen LogP contribution in [0.1, 0.15) is 19.3 Å². The van der Waals surface area contributed by atoms with Gasteiger partial charge in [-0.25, -0.2) is 0 Å². The summed E-state index contributed by atoms with van der Waals surface area (Å²) in [5.74, 6) is 1.17. The summed E-state index contributed by atoms with van der Waals surface area (Å²) in [6.45, 7) is 2.86. The molecule has 0 saturated carbocycles. The first-order valence-corrected chi connectivity index (χ1v) is 7.68. The van der Waals surface area contributed by atoms with E-state index in [0.29, 0.717) is 25.7 Å². The van der Waals surface area contributed by atoms with Crippen LogP contribution >= 0.6 is 0 Å². The molecule has 1 aliphatic heterocycles. The highest BCUT2D eigenvalue weighted by Gasteiger charge is 2.14. The molecular weight excluding hydrogens is 282 g/mol. The summed E-state index contributed by atoms with van der Waals surface area (Å²) in [5.41, 5.74) is 6.71. The number of hydrogen-bond acceptors (Lipinski definition) is 4. The molecule has 0 aromatic heterocycles. The van der Waals surface area contributed by atoms with Crippen molar-refractivity contribution in [2.75, 3.05) is 38.8 Å². The molecule has 0 bridgehead atoms. The number of guanidine groups is 1. The third-order valence-electron chi connectivity index (χ3n) is 3.40. The van der Waals surface area contributed by atoms with E-state index in [9.17, 15) is 0 Å². The van der Waals surface area contributed by atoms with Gasteiger partial charge in [-0.1, -0.05) is 6.07 Å². The molecule has 122 valence electrons. The van der Waals surface area contributed by atoms with Crippen LogP contribution in [-0.2, 0) is 9.47 Å². The largest absolute Gasteiger partial charge is 0.497 e. The van der Waals surface area contributed by atoms with E-state index in [0.717, 1.165) is 37.3 Å². The number of benzene rings is 1. The Morgan fingerprint density at radius 2 is 2.41 bits per heavy atom. The van der Waals surface area contributed by atoms with Gasteiger partial charge in [0.15, 0.2) is 5.96 Å². The molecule has 1 saturated heterocycles. The van der Waals surface area contributed by atoms with Gasteiger partial charge in [-0.05, 0) is 31.4 Å². The normalized spacial score (nSPS) is 18.4. The number of nitrogens with zero attached hydrogens (tertiary/aromatic N) is 1. The number of anilines is 1. The zero-order valence-corrected chi connectivity index (χ0v) is 13.1. The first-order valence-electron chi connectivity index (χ1n) is 7.68. The maximum atomic E-state index is 5.85. The van der Waals surface area contributed by atoms with Crippen molar-refractivity contribution in [3.05, 3.63) is 24.3 Å². The highest BCUT2D eigenvalue weighted by atomic mass is 16.5. The fourth-order valence-corrected chi connectivity index (χ4v) is 2.24. The van der Waals surface area contributed by atoms with Gasteiger partial charge in [-0.3, -0.25) is 4.99 Å². The molecule has 1 aromatic carbocycles. The standard InChI is InChI=1S/C16H25N3O3/c1-20-14-6-2-5-13(11-14)19-16(17)18-8-4-9-21-12-15-7-3-10-22-15/h2,5-6,11,15H,3-4,7-10,12H2,1H3,(H3,17,18,19). The molecule has 2 rings (SSSR count).